The lowest BCUT2D eigenvalue weighted by Gasteiger charge is -2.30. The first-order chi connectivity index (χ1) is 8.65. The molecule has 1 aliphatic rings. The van der Waals surface area contributed by atoms with Crippen LogP contribution in [0.5, 0.6) is 0 Å². The van der Waals surface area contributed by atoms with Gasteiger partial charge in [-0.1, -0.05) is 37.4 Å². The highest BCUT2D eigenvalue weighted by molar-refractivity contribution is 7.99. The summed E-state index contributed by atoms with van der Waals surface area (Å²) < 4.78 is 0. The fraction of sp³-hybridized carbons (Fsp3) is 0.600. The average molecular weight is 285 g/mol. The number of hydrogen-bond donors (Lipinski definition) is 1. The Labute approximate surface area is 119 Å². The molecular weight excluding hydrogens is 264 g/mol. The molecule has 0 bridgehead atoms. The lowest BCUT2D eigenvalue weighted by atomic mass is 9.80. The second-order valence-electron chi connectivity index (χ2n) is 5.37. The van der Waals surface area contributed by atoms with Gasteiger partial charge in [-0.3, -0.25) is 0 Å². The fourth-order valence-electron chi connectivity index (χ4n) is 2.70. The van der Waals surface area contributed by atoms with Crippen LogP contribution in [0.25, 0.3) is 0 Å². The SMILES string of the molecule is CC1CCCC(C(O)CSc2cccc(Cl)c2)C1. The van der Waals surface area contributed by atoms with Crippen molar-refractivity contribution in [1.29, 1.82) is 0 Å². The normalized spacial score (nSPS) is 25.9. The van der Waals surface area contributed by atoms with Crippen molar-refractivity contribution in [2.75, 3.05) is 5.75 Å². The largest absolute Gasteiger partial charge is 0.392 e. The molecule has 1 aliphatic carbocycles. The van der Waals surface area contributed by atoms with Gasteiger partial charge in [-0.2, -0.15) is 0 Å². The van der Waals surface area contributed by atoms with E-state index in [2.05, 4.69) is 6.92 Å². The average Bonchev–Trinajstić information content (AvgIpc) is 2.36. The van der Waals surface area contributed by atoms with Gasteiger partial charge in [0.25, 0.3) is 0 Å². The van der Waals surface area contributed by atoms with Crippen molar-refractivity contribution < 1.29 is 5.11 Å². The molecule has 0 aliphatic heterocycles. The van der Waals surface area contributed by atoms with Crippen molar-refractivity contribution in [3.05, 3.63) is 29.3 Å². The molecule has 2 rings (SSSR count). The first-order valence-corrected chi connectivity index (χ1v) is 8.08. The fourth-order valence-corrected chi connectivity index (χ4v) is 3.98. The Bertz CT molecular complexity index is 383. The quantitative estimate of drug-likeness (QED) is 0.814. The molecule has 1 saturated carbocycles. The van der Waals surface area contributed by atoms with E-state index in [1.165, 1.54) is 25.7 Å². The van der Waals surface area contributed by atoms with Gasteiger partial charge in [-0.05, 0) is 42.9 Å². The summed E-state index contributed by atoms with van der Waals surface area (Å²) in [5, 5.41) is 11.0. The Morgan fingerprint density at radius 3 is 3.00 bits per heavy atom. The molecule has 3 heteroatoms. The van der Waals surface area contributed by atoms with E-state index in [9.17, 15) is 5.11 Å². The number of rotatable bonds is 4. The van der Waals surface area contributed by atoms with E-state index in [-0.39, 0.29) is 6.10 Å². The van der Waals surface area contributed by atoms with Crippen LogP contribution in [0.15, 0.2) is 29.2 Å². The van der Waals surface area contributed by atoms with Gasteiger partial charge < -0.3 is 5.11 Å². The summed E-state index contributed by atoms with van der Waals surface area (Å²) in [5.74, 6) is 2.03. The Morgan fingerprint density at radius 2 is 2.28 bits per heavy atom. The van der Waals surface area contributed by atoms with Crippen LogP contribution in [0.2, 0.25) is 5.02 Å². The van der Waals surface area contributed by atoms with E-state index in [1.54, 1.807) is 11.8 Å². The topological polar surface area (TPSA) is 20.2 Å². The highest BCUT2D eigenvalue weighted by Crippen LogP contribution is 2.33. The smallest absolute Gasteiger partial charge is 0.0662 e. The number of aliphatic hydroxyl groups is 1. The minimum absolute atomic E-state index is 0.184. The standard InChI is InChI=1S/C15H21ClOS/c1-11-4-2-5-12(8-11)15(17)10-18-14-7-3-6-13(16)9-14/h3,6-7,9,11-12,15,17H,2,4-5,8,10H2,1H3. The monoisotopic (exact) mass is 284 g/mol. The zero-order valence-corrected chi connectivity index (χ0v) is 12.4. The molecule has 1 aromatic carbocycles. The first kappa shape index (κ1) is 14.2. The zero-order chi connectivity index (χ0) is 13.0. The Balaban J connectivity index is 1.82. The molecule has 1 fully saturated rings. The van der Waals surface area contributed by atoms with E-state index < -0.39 is 0 Å². The van der Waals surface area contributed by atoms with Crippen LogP contribution >= 0.6 is 23.4 Å². The van der Waals surface area contributed by atoms with Crippen molar-refractivity contribution in [3.63, 3.8) is 0 Å². The third-order valence-corrected chi connectivity index (χ3v) is 5.07. The maximum Gasteiger partial charge on any atom is 0.0662 e. The summed E-state index contributed by atoms with van der Waals surface area (Å²) >= 11 is 7.66. The summed E-state index contributed by atoms with van der Waals surface area (Å²) in [4.78, 5) is 1.14. The van der Waals surface area contributed by atoms with Gasteiger partial charge in [-0.25, -0.2) is 0 Å². The molecule has 18 heavy (non-hydrogen) atoms. The number of benzene rings is 1. The van der Waals surface area contributed by atoms with Crippen molar-refractivity contribution in [1.82, 2.24) is 0 Å². The lowest BCUT2D eigenvalue weighted by molar-refractivity contribution is 0.0902. The molecule has 0 saturated heterocycles. The summed E-state index contributed by atoms with van der Waals surface area (Å²) in [6.07, 6.45) is 4.77. The van der Waals surface area contributed by atoms with Crippen LogP contribution in [-0.2, 0) is 0 Å². The van der Waals surface area contributed by atoms with Gasteiger partial charge in [0.2, 0.25) is 0 Å². The van der Waals surface area contributed by atoms with E-state index >= 15 is 0 Å². The van der Waals surface area contributed by atoms with Crippen LogP contribution < -0.4 is 0 Å². The van der Waals surface area contributed by atoms with Gasteiger partial charge in [0.15, 0.2) is 0 Å². The molecule has 0 heterocycles. The second-order valence-corrected chi connectivity index (χ2v) is 6.90. The highest BCUT2D eigenvalue weighted by atomic mass is 35.5. The van der Waals surface area contributed by atoms with Crippen molar-refractivity contribution >= 4 is 23.4 Å². The predicted molar refractivity (Wildman–Crippen MR) is 79.3 cm³/mol. The van der Waals surface area contributed by atoms with Crippen LogP contribution in [0.3, 0.4) is 0 Å². The molecule has 1 N–H and O–H groups in total. The Hall–Kier alpha value is -0.180. The van der Waals surface area contributed by atoms with Crippen LogP contribution in [0, 0.1) is 11.8 Å². The molecule has 0 aromatic heterocycles. The number of halogens is 1. The molecule has 100 valence electrons. The summed E-state index contributed by atoms with van der Waals surface area (Å²) in [6.45, 7) is 2.29. The lowest BCUT2D eigenvalue weighted by Crippen LogP contribution is -2.27. The first-order valence-electron chi connectivity index (χ1n) is 6.71. The third-order valence-electron chi connectivity index (χ3n) is 3.74. The summed E-state index contributed by atoms with van der Waals surface area (Å²) in [5.41, 5.74) is 0. The second kappa shape index (κ2) is 6.83. The molecule has 3 atom stereocenters. The zero-order valence-electron chi connectivity index (χ0n) is 10.8. The van der Waals surface area contributed by atoms with Gasteiger partial charge in [0.05, 0.1) is 6.10 Å². The Kier molecular flexibility index (Phi) is 5.40. The molecule has 3 unspecified atom stereocenters. The van der Waals surface area contributed by atoms with Gasteiger partial charge in [-0.15, -0.1) is 11.8 Å². The minimum Gasteiger partial charge on any atom is -0.392 e. The number of hydrogen-bond acceptors (Lipinski definition) is 2. The summed E-state index contributed by atoms with van der Waals surface area (Å²) in [7, 11) is 0. The van der Waals surface area contributed by atoms with Crippen LogP contribution in [0.4, 0.5) is 0 Å². The molecule has 0 spiro atoms. The van der Waals surface area contributed by atoms with Crippen molar-refractivity contribution in [3.8, 4) is 0 Å². The molecule has 0 amide bonds. The van der Waals surface area contributed by atoms with Gasteiger partial charge >= 0.3 is 0 Å². The molecule has 1 aromatic rings. The molecular formula is C15H21ClOS. The highest BCUT2D eigenvalue weighted by Gasteiger charge is 2.25. The van der Waals surface area contributed by atoms with E-state index in [0.29, 0.717) is 5.92 Å². The van der Waals surface area contributed by atoms with E-state index in [1.807, 2.05) is 24.3 Å². The summed E-state index contributed by atoms with van der Waals surface area (Å²) in [6, 6.07) is 7.85. The van der Waals surface area contributed by atoms with E-state index in [0.717, 1.165) is 21.6 Å². The van der Waals surface area contributed by atoms with Gasteiger partial charge in [0.1, 0.15) is 0 Å². The molecule has 0 radical (unpaired) electrons. The predicted octanol–water partition coefficient (Wildman–Crippen LogP) is 4.62. The Morgan fingerprint density at radius 1 is 1.44 bits per heavy atom. The number of thioether (sulfide) groups is 1. The molecule has 1 nitrogen and oxygen atoms in total. The third kappa shape index (κ3) is 4.18. The van der Waals surface area contributed by atoms with E-state index in [4.69, 9.17) is 11.6 Å². The maximum absolute atomic E-state index is 10.3. The van der Waals surface area contributed by atoms with Crippen molar-refractivity contribution in [2.24, 2.45) is 11.8 Å². The minimum atomic E-state index is -0.184. The number of aliphatic hydroxyl groups excluding tert-OH is 1. The van der Waals surface area contributed by atoms with Crippen molar-refractivity contribution in [2.45, 2.75) is 43.6 Å². The van der Waals surface area contributed by atoms with Crippen LogP contribution in [-0.4, -0.2) is 17.0 Å². The maximum atomic E-state index is 10.3. The van der Waals surface area contributed by atoms with Gasteiger partial charge in [0, 0.05) is 15.7 Å². The van der Waals surface area contributed by atoms with Crippen LogP contribution in [0.1, 0.15) is 32.6 Å².